The maximum absolute atomic E-state index is 3.57. The van der Waals surface area contributed by atoms with Crippen LogP contribution >= 0.6 is 0 Å². The van der Waals surface area contributed by atoms with Crippen LogP contribution in [-0.4, -0.2) is 7.05 Å². The van der Waals surface area contributed by atoms with Crippen molar-refractivity contribution in [1.82, 2.24) is 5.32 Å². The molecule has 0 aromatic heterocycles. The first-order chi connectivity index (χ1) is 8.85. The fourth-order valence-corrected chi connectivity index (χ4v) is 4.08. The number of nitrogens with one attached hydrogen (secondary N) is 1. The summed E-state index contributed by atoms with van der Waals surface area (Å²) in [7, 11) is 2.13. The van der Waals surface area contributed by atoms with Crippen molar-refractivity contribution >= 4 is 0 Å². The highest BCUT2D eigenvalue weighted by Gasteiger charge is 2.53. The molecule has 2 saturated carbocycles. The Morgan fingerprint density at radius 2 is 1.72 bits per heavy atom. The second-order valence-corrected chi connectivity index (χ2v) is 6.05. The van der Waals surface area contributed by atoms with Gasteiger partial charge in [0, 0.05) is 6.04 Å². The Bertz CT molecular complexity index is 383. The summed E-state index contributed by atoms with van der Waals surface area (Å²) in [6.45, 7) is 2.22. The van der Waals surface area contributed by atoms with Crippen molar-refractivity contribution in [3.05, 3.63) is 35.4 Å². The van der Waals surface area contributed by atoms with Gasteiger partial charge in [0.2, 0.25) is 0 Å². The molecule has 0 radical (unpaired) electrons. The van der Waals surface area contributed by atoms with Gasteiger partial charge in [-0.25, -0.2) is 0 Å². The van der Waals surface area contributed by atoms with Crippen molar-refractivity contribution in [1.29, 1.82) is 0 Å². The molecule has 0 saturated heterocycles. The first-order valence-corrected chi connectivity index (χ1v) is 7.61. The van der Waals surface area contributed by atoms with Crippen LogP contribution in [0.5, 0.6) is 0 Å². The molecule has 1 aromatic carbocycles. The highest BCUT2D eigenvalue weighted by molar-refractivity contribution is 5.27. The Morgan fingerprint density at radius 3 is 2.22 bits per heavy atom. The maximum Gasteiger partial charge on any atom is 0.0351 e. The van der Waals surface area contributed by atoms with E-state index in [2.05, 4.69) is 43.6 Å². The first kappa shape index (κ1) is 12.2. The quantitative estimate of drug-likeness (QED) is 0.844. The average Bonchev–Trinajstić information content (AvgIpc) is 3.15. The summed E-state index contributed by atoms with van der Waals surface area (Å²) >= 11 is 0. The van der Waals surface area contributed by atoms with Crippen LogP contribution < -0.4 is 5.32 Å². The third-order valence-electron chi connectivity index (χ3n) is 5.17. The van der Waals surface area contributed by atoms with Crippen LogP contribution in [0.25, 0.3) is 0 Å². The Labute approximate surface area is 111 Å². The third-order valence-corrected chi connectivity index (χ3v) is 5.17. The van der Waals surface area contributed by atoms with Crippen molar-refractivity contribution in [2.45, 2.75) is 45.1 Å². The maximum atomic E-state index is 3.57. The van der Waals surface area contributed by atoms with Gasteiger partial charge < -0.3 is 5.32 Å². The molecule has 1 heteroatoms. The van der Waals surface area contributed by atoms with Crippen LogP contribution in [0.15, 0.2) is 24.3 Å². The van der Waals surface area contributed by atoms with E-state index in [1.807, 2.05) is 0 Å². The molecule has 2 aliphatic carbocycles. The Hall–Kier alpha value is -0.820. The smallest absolute Gasteiger partial charge is 0.0351 e. The largest absolute Gasteiger partial charge is 0.313 e. The highest BCUT2D eigenvalue weighted by Crippen LogP contribution is 2.60. The molecule has 2 aliphatic rings. The molecule has 0 bridgehead atoms. The highest BCUT2D eigenvalue weighted by atomic mass is 14.9. The molecular weight excluding hydrogens is 218 g/mol. The molecule has 1 aromatic rings. The zero-order valence-corrected chi connectivity index (χ0v) is 11.7. The summed E-state index contributed by atoms with van der Waals surface area (Å²) in [5, 5.41) is 3.57. The predicted molar refractivity (Wildman–Crippen MR) is 76.6 cm³/mol. The van der Waals surface area contributed by atoms with Gasteiger partial charge in [-0.2, -0.15) is 0 Å². The second kappa shape index (κ2) is 5.05. The van der Waals surface area contributed by atoms with Crippen LogP contribution in [0.4, 0.5) is 0 Å². The molecule has 3 rings (SSSR count). The zero-order chi connectivity index (χ0) is 12.5. The van der Waals surface area contributed by atoms with Crippen LogP contribution in [0.3, 0.4) is 0 Å². The van der Waals surface area contributed by atoms with E-state index in [4.69, 9.17) is 0 Å². The van der Waals surface area contributed by atoms with Crippen LogP contribution in [0.2, 0.25) is 0 Å². The summed E-state index contributed by atoms with van der Waals surface area (Å²) in [5.41, 5.74) is 2.94. The molecule has 98 valence electrons. The monoisotopic (exact) mass is 243 g/mol. The Balaban J connectivity index is 1.75. The minimum atomic E-state index is 0.587. The number of hydrogen-bond donors (Lipinski definition) is 1. The topological polar surface area (TPSA) is 12.0 Å². The molecule has 3 unspecified atom stereocenters. The number of rotatable bonds is 4. The van der Waals surface area contributed by atoms with Gasteiger partial charge >= 0.3 is 0 Å². The molecule has 18 heavy (non-hydrogen) atoms. The van der Waals surface area contributed by atoms with Crippen LogP contribution in [-0.2, 0) is 6.42 Å². The lowest BCUT2D eigenvalue weighted by atomic mass is 9.98. The molecule has 3 atom stereocenters. The van der Waals surface area contributed by atoms with E-state index < -0.39 is 0 Å². The summed E-state index contributed by atoms with van der Waals surface area (Å²) in [5.74, 6) is 2.94. The van der Waals surface area contributed by atoms with Crippen molar-refractivity contribution < 1.29 is 0 Å². The van der Waals surface area contributed by atoms with E-state index in [0.717, 1.165) is 24.2 Å². The molecule has 0 aliphatic heterocycles. The Kier molecular flexibility index (Phi) is 3.43. The van der Waals surface area contributed by atoms with Gasteiger partial charge in [-0.1, -0.05) is 44.0 Å². The van der Waals surface area contributed by atoms with Gasteiger partial charge in [0.1, 0.15) is 0 Å². The van der Waals surface area contributed by atoms with E-state index in [0.29, 0.717) is 6.04 Å². The Morgan fingerprint density at radius 1 is 1.11 bits per heavy atom. The van der Waals surface area contributed by atoms with Gasteiger partial charge in [-0.3, -0.25) is 0 Å². The van der Waals surface area contributed by atoms with Crippen molar-refractivity contribution in [2.75, 3.05) is 7.05 Å². The summed E-state index contributed by atoms with van der Waals surface area (Å²) in [6.07, 6.45) is 7.01. The average molecular weight is 243 g/mol. The SMILES string of the molecule is CCc1ccc(C(NC)C2C3CCCCC32)cc1. The van der Waals surface area contributed by atoms with Gasteiger partial charge in [0.25, 0.3) is 0 Å². The molecular formula is C17H25N. The van der Waals surface area contributed by atoms with Crippen LogP contribution in [0.1, 0.15) is 49.8 Å². The molecule has 1 N–H and O–H groups in total. The molecule has 2 fully saturated rings. The summed E-state index contributed by atoms with van der Waals surface area (Å²) < 4.78 is 0. The standard InChI is InChI=1S/C17H25N/c1-3-12-8-10-13(11-9-12)17(18-2)16-14-6-4-5-7-15(14)16/h8-11,14-18H,3-7H2,1-2H3. The fourth-order valence-electron chi connectivity index (χ4n) is 4.08. The molecule has 1 nitrogen and oxygen atoms in total. The van der Waals surface area contributed by atoms with Crippen molar-refractivity contribution in [3.63, 3.8) is 0 Å². The van der Waals surface area contributed by atoms with Gasteiger partial charge in [-0.05, 0) is 55.2 Å². The van der Waals surface area contributed by atoms with E-state index in [9.17, 15) is 0 Å². The summed E-state index contributed by atoms with van der Waals surface area (Å²) in [4.78, 5) is 0. The minimum absolute atomic E-state index is 0.587. The zero-order valence-electron chi connectivity index (χ0n) is 11.7. The number of aryl methyl sites for hydroxylation is 1. The molecule has 0 spiro atoms. The summed E-state index contributed by atoms with van der Waals surface area (Å²) in [6, 6.07) is 9.86. The fraction of sp³-hybridized carbons (Fsp3) is 0.647. The molecule has 0 amide bonds. The van der Waals surface area contributed by atoms with Crippen molar-refractivity contribution in [2.24, 2.45) is 17.8 Å². The number of fused-ring (bicyclic) bond motifs is 1. The minimum Gasteiger partial charge on any atom is -0.313 e. The van der Waals surface area contributed by atoms with E-state index in [1.54, 1.807) is 0 Å². The lowest BCUT2D eigenvalue weighted by Gasteiger charge is -2.17. The van der Waals surface area contributed by atoms with Gasteiger partial charge in [0.05, 0.1) is 0 Å². The van der Waals surface area contributed by atoms with Gasteiger partial charge in [0.15, 0.2) is 0 Å². The van der Waals surface area contributed by atoms with E-state index >= 15 is 0 Å². The predicted octanol–water partition coefficient (Wildman–Crippen LogP) is 3.95. The lowest BCUT2D eigenvalue weighted by Crippen LogP contribution is -2.19. The van der Waals surface area contributed by atoms with E-state index in [-0.39, 0.29) is 0 Å². The van der Waals surface area contributed by atoms with E-state index in [1.165, 1.54) is 36.8 Å². The lowest BCUT2D eigenvalue weighted by molar-refractivity contribution is 0.480. The normalized spacial score (nSPS) is 31.8. The number of benzene rings is 1. The second-order valence-electron chi connectivity index (χ2n) is 6.05. The number of hydrogen-bond acceptors (Lipinski definition) is 1. The van der Waals surface area contributed by atoms with Crippen LogP contribution in [0, 0.1) is 17.8 Å². The molecule has 0 heterocycles. The van der Waals surface area contributed by atoms with Gasteiger partial charge in [-0.15, -0.1) is 0 Å². The van der Waals surface area contributed by atoms with Crippen molar-refractivity contribution in [3.8, 4) is 0 Å². The first-order valence-electron chi connectivity index (χ1n) is 7.61. The third kappa shape index (κ3) is 2.09.